The van der Waals surface area contributed by atoms with Gasteiger partial charge in [0.05, 0.1) is 4.90 Å². The van der Waals surface area contributed by atoms with E-state index in [2.05, 4.69) is 0 Å². The van der Waals surface area contributed by atoms with E-state index in [1.807, 2.05) is 6.92 Å². The maximum Gasteiger partial charge on any atom is 0.243 e. The molecule has 0 radical (unpaired) electrons. The highest BCUT2D eigenvalue weighted by atomic mass is 32.2. The zero-order valence-electron chi connectivity index (χ0n) is 10.2. The molecule has 2 rings (SSSR count). The molecule has 0 aromatic heterocycles. The second-order valence-electron chi connectivity index (χ2n) is 4.71. The van der Waals surface area contributed by atoms with Crippen LogP contribution in [0, 0.1) is 5.82 Å². The lowest BCUT2D eigenvalue weighted by Gasteiger charge is -2.35. The normalized spacial score (nSPS) is 26.2. The molecule has 1 aromatic carbocycles. The summed E-state index contributed by atoms with van der Waals surface area (Å²) in [6.07, 6.45) is 1.27. The Kier molecular flexibility index (Phi) is 3.70. The van der Waals surface area contributed by atoms with Crippen LogP contribution in [0.15, 0.2) is 29.2 Å². The number of rotatable bonds is 2. The van der Waals surface area contributed by atoms with E-state index in [1.165, 1.54) is 22.5 Å². The second kappa shape index (κ2) is 4.95. The molecule has 2 atom stereocenters. The van der Waals surface area contributed by atoms with Gasteiger partial charge in [0.2, 0.25) is 10.0 Å². The highest BCUT2D eigenvalue weighted by molar-refractivity contribution is 7.89. The zero-order valence-corrected chi connectivity index (χ0v) is 11.0. The summed E-state index contributed by atoms with van der Waals surface area (Å²) < 4.78 is 39.3. The lowest BCUT2D eigenvalue weighted by molar-refractivity contribution is 0.247. The van der Waals surface area contributed by atoms with Gasteiger partial charge in [0, 0.05) is 18.6 Å². The minimum atomic E-state index is -3.62. The van der Waals surface area contributed by atoms with Gasteiger partial charge in [0.25, 0.3) is 0 Å². The Hall–Kier alpha value is -0.980. The van der Waals surface area contributed by atoms with Gasteiger partial charge in [0.15, 0.2) is 0 Å². The van der Waals surface area contributed by atoms with Gasteiger partial charge in [-0.15, -0.1) is 0 Å². The largest absolute Gasteiger partial charge is 0.328 e. The smallest absolute Gasteiger partial charge is 0.243 e. The molecule has 2 N–H and O–H groups in total. The number of nitrogens with zero attached hydrogens (tertiary/aromatic N) is 1. The van der Waals surface area contributed by atoms with Gasteiger partial charge < -0.3 is 5.73 Å². The predicted octanol–water partition coefficient (Wildman–Crippen LogP) is 1.33. The average Bonchev–Trinajstić information content (AvgIpc) is 2.28. The predicted molar refractivity (Wildman–Crippen MR) is 67.0 cm³/mol. The third-order valence-corrected chi connectivity index (χ3v) is 5.27. The molecule has 0 amide bonds. The van der Waals surface area contributed by atoms with Crippen molar-refractivity contribution < 1.29 is 12.8 Å². The Labute approximate surface area is 107 Å². The van der Waals surface area contributed by atoms with Crippen molar-refractivity contribution >= 4 is 10.0 Å². The van der Waals surface area contributed by atoms with Gasteiger partial charge in [-0.2, -0.15) is 4.31 Å². The maximum absolute atomic E-state index is 13.1. The van der Waals surface area contributed by atoms with Crippen molar-refractivity contribution in [2.75, 3.05) is 6.54 Å². The van der Waals surface area contributed by atoms with Crippen LogP contribution in [0.1, 0.15) is 19.8 Å². The molecule has 0 unspecified atom stereocenters. The van der Waals surface area contributed by atoms with E-state index < -0.39 is 15.8 Å². The summed E-state index contributed by atoms with van der Waals surface area (Å²) in [5.74, 6) is -0.544. The minimum Gasteiger partial charge on any atom is -0.328 e. The summed E-state index contributed by atoms with van der Waals surface area (Å²) in [6.45, 7) is 2.22. The number of nitrogens with two attached hydrogens (primary N) is 1. The molecule has 0 bridgehead atoms. The minimum absolute atomic E-state index is 0.00446. The Morgan fingerprint density at radius 1 is 1.44 bits per heavy atom. The van der Waals surface area contributed by atoms with E-state index in [-0.39, 0.29) is 17.0 Å². The van der Waals surface area contributed by atoms with Crippen LogP contribution >= 0.6 is 0 Å². The summed E-state index contributed by atoms with van der Waals surface area (Å²) >= 11 is 0. The van der Waals surface area contributed by atoms with Crippen LogP contribution in [0.3, 0.4) is 0 Å². The van der Waals surface area contributed by atoms with Gasteiger partial charge >= 0.3 is 0 Å². The topological polar surface area (TPSA) is 63.4 Å². The quantitative estimate of drug-likeness (QED) is 0.883. The van der Waals surface area contributed by atoms with Crippen molar-refractivity contribution in [3.8, 4) is 0 Å². The lowest BCUT2D eigenvalue weighted by Crippen LogP contribution is -2.48. The fraction of sp³-hybridized carbons (Fsp3) is 0.500. The molecule has 18 heavy (non-hydrogen) atoms. The second-order valence-corrected chi connectivity index (χ2v) is 6.60. The van der Waals surface area contributed by atoms with Gasteiger partial charge in [-0.25, -0.2) is 12.8 Å². The molecule has 0 spiro atoms. The first kappa shape index (κ1) is 13.5. The molecule has 1 heterocycles. The molecule has 100 valence electrons. The van der Waals surface area contributed by atoms with Crippen molar-refractivity contribution in [3.63, 3.8) is 0 Å². The Morgan fingerprint density at radius 3 is 2.78 bits per heavy atom. The monoisotopic (exact) mass is 272 g/mol. The lowest BCUT2D eigenvalue weighted by atomic mass is 10.0. The summed E-state index contributed by atoms with van der Waals surface area (Å²) in [5, 5.41) is 0. The first-order chi connectivity index (χ1) is 8.41. The fourth-order valence-corrected chi connectivity index (χ4v) is 4.00. The van der Waals surface area contributed by atoms with Crippen LogP contribution in [0.5, 0.6) is 0 Å². The van der Waals surface area contributed by atoms with E-state index in [4.69, 9.17) is 5.73 Å². The Balaban J connectivity index is 2.31. The molecule has 1 saturated heterocycles. The molecule has 6 heteroatoms. The van der Waals surface area contributed by atoms with Crippen molar-refractivity contribution in [1.82, 2.24) is 4.31 Å². The van der Waals surface area contributed by atoms with Crippen LogP contribution in [-0.2, 0) is 10.0 Å². The number of sulfonamides is 1. The highest BCUT2D eigenvalue weighted by Gasteiger charge is 2.33. The third-order valence-electron chi connectivity index (χ3n) is 3.26. The average molecular weight is 272 g/mol. The van der Waals surface area contributed by atoms with Gasteiger partial charge in [-0.05, 0) is 38.0 Å². The van der Waals surface area contributed by atoms with Crippen LogP contribution in [0.4, 0.5) is 4.39 Å². The molecule has 4 nitrogen and oxygen atoms in total. The summed E-state index contributed by atoms with van der Waals surface area (Å²) in [6, 6.07) is 4.99. The van der Waals surface area contributed by atoms with Crippen molar-refractivity contribution in [2.45, 2.75) is 36.7 Å². The van der Waals surface area contributed by atoms with E-state index in [0.717, 1.165) is 6.07 Å². The number of benzene rings is 1. The van der Waals surface area contributed by atoms with Crippen molar-refractivity contribution in [3.05, 3.63) is 30.1 Å². The third kappa shape index (κ3) is 2.55. The first-order valence-electron chi connectivity index (χ1n) is 5.94. The molecule has 1 aliphatic rings. The number of piperidine rings is 1. The van der Waals surface area contributed by atoms with Gasteiger partial charge in [-0.3, -0.25) is 0 Å². The van der Waals surface area contributed by atoms with E-state index >= 15 is 0 Å². The Morgan fingerprint density at radius 2 is 2.17 bits per heavy atom. The van der Waals surface area contributed by atoms with Crippen molar-refractivity contribution in [1.29, 1.82) is 0 Å². The summed E-state index contributed by atoms with van der Waals surface area (Å²) in [4.78, 5) is 0.00446. The van der Waals surface area contributed by atoms with Crippen LogP contribution in [-0.4, -0.2) is 31.4 Å². The standard InChI is InChI=1S/C12H17FN2O2S/c1-9-7-11(14)5-6-15(9)18(16,17)12-4-2-3-10(13)8-12/h2-4,8-9,11H,5-7,14H2,1H3/t9-,11-/m1/s1. The molecule has 1 aliphatic heterocycles. The number of hydrogen-bond donors (Lipinski definition) is 1. The fourth-order valence-electron chi connectivity index (χ4n) is 2.31. The van der Waals surface area contributed by atoms with Gasteiger partial charge in [0.1, 0.15) is 5.82 Å². The number of halogens is 1. The zero-order chi connectivity index (χ0) is 13.3. The van der Waals surface area contributed by atoms with E-state index in [0.29, 0.717) is 19.4 Å². The maximum atomic E-state index is 13.1. The SMILES string of the molecule is C[C@@H]1C[C@H](N)CCN1S(=O)(=O)c1cccc(F)c1. The number of hydrogen-bond acceptors (Lipinski definition) is 3. The highest BCUT2D eigenvalue weighted by Crippen LogP contribution is 2.24. The van der Waals surface area contributed by atoms with Crippen LogP contribution < -0.4 is 5.73 Å². The molecule has 0 aliphatic carbocycles. The molecule has 0 saturated carbocycles. The molecular formula is C12H17FN2O2S. The molecule has 1 fully saturated rings. The molecule has 1 aromatic rings. The van der Waals surface area contributed by atoms with Crippen LogP contribution in [0.2, 0.25) is 0 Å². The van der Waals surface area contributed by atoms with Gasteiger partial charge in [-0.1, -0.05) is 6.07 Å². The van der Waals surface area contributed by atoms with E-state index in [1.54, 1.807) is 0 Å². The van der Waals surface area contributed by atoms with Crippen LogP contribution in [0.25, 0.3) is 0 Å². The molecular weight excluding hydrogens is 255 g/mol. The summed E-state index contributed by atoms with van der Waals surface area (Å²) in [7, 11) is -3.62. The van der Waals surface area contributed by atoms with E-state index in [9.17, 15) is 12.8 Å². The van der Waals surface area contributed by atoms with Crippen molar-refractivity contribution in [2.24, 2.45) is 5.73 Å². The summed E-state index contributed by atoms with van der Waals surface area (Å²) in [5.41, 5.74) is 5.81. The Bertz CT molecular complexity index is 533. The first-order valence-corrected chi connectivity index (χ1v) is 7.38.